The van der Waals surface area contributed by atoms with E-state index in [-0.39, 0.29) is 30.0 Å². The van der Waals surface area contributed by atoms with E-state index in [1.165, 1.54) is 4.31 Å². The van der Waals surface area contributed by atoms with Gasteiger partial charge in [-0.05, 0) is 24.5 Å². The van der Waals surface area contributed by atoms with Crippen molar-refractivity contribution in [2.45, 2.75) is 51.9 Å². The number of nitrogens with one attached hydrogen (secondary N) is 1. The van der Waals surface area contributed by atoms with Gasteiger partial charge >= 0.3 is 0 Å². The topological polar surface area (TPSA) is 105 Å². The molecule has 0 saturated carbocycles. The van der Waals surface area contributed by atoms with Crippen molar-refractivity contribution < 1.29 is 17.7 Å². The van der Waals surface area contributed by atoms with Crippen molar-refractivity contribution in [3.8, 4) is 0 Å². The monoisotopic (exact) mass is 420 g/mol. The van der Waals surface area contributed by atoms with Gasteiger partial charge in [0.1, 0.15) is 0 Å². The lowest BCUT2D eigenvalue weighted by Gasteiger charge is -2.19. The summed E-state index contributed by atoms with van der Waals surface area (Å²) in [7, 11) is -3.46. The van der Waals surface area contributed by atoms with Gasteiger partial charge in [-0.15, -0.1) is 0 Å². The van der Waals surface area contributed by atoms with Gasteiger partial charge in [-0.2, -0.15) is 4.98 Å². The van der Waals surface area contributed by atoms with E-state index in [1.54, 1.807) is 0 Å². The lowest BCUT2D eigenvalue weighted by Crippen LogP contribution is -2.36. The van der Waals surface area contributed by atoms with Crippen LogP contribution >= 0.6 is 0 Å². The number of hydrogen-bond acceptors (Lipinski definition) is 6. The number of sulfonamides is 1. The number of rotatable bonds is 8. The summed E-state index contributed by atoms with van der Waals surface area (Å²) < 4.78 is 31.9. The maximum Gasteiger partial charge on any atom is 0.236 e. The van der Waals surface area contributed by atoms with E-state index in [1.807, 2.05) is 45.0 Å². The van der Waals surface area contributed by atoms with Crippen LogP contribution in [0.25, 0.3) is 0 Å². The maximum atomic E-state index is 12.6. The fourth-order valence-electron chi connectivity index (χ4n) is 3.18. The molecule has 9 heteroatoms. The molecular formula is C20H28N4O4S. The summed E-state index contributed by atoms with van der Waals surface area (Å²) in [6.07, 6.45) is 2.07. The SMILES string of the molecule is CC(C)(C)c1noc(CCCC(=O)NCCS(=O)(=O)N2CCc3ccccc32)n1. The van der Waals surface area contributed by atoms with Gasteiger partial charge in [0.05, 0.1) is 11.4 Å². The van der Waals surface area contributed by atoms with Crippen LogP contribution in [0.5, 0.6) is 0 Å². The smallest absolute Gasteiger partial charge is 0.236 e. The molecule has 0 unspecified atom stereocenters. The fourth-order valence-corrected chi connectivity index (χ4v) is 4.60. The van der Waals surface area contributed by atoms with Gasteiger partial charge in [-0.25, -0.2) is 8.42 Å². The normalized spacial score (nSPS) is 14.1. The average Bonchev–Trinajstić information content (AvgIpc) is 3.28. The highest BCUT2D eigenvalue weighted by Gasteiger charge is 2.28. The van der Waals surface area contributed by atoms with Gasteiger partial charge in [0.25, 0.3) is 0 Å². The van der Waals surface area contributed by atoms with E-state index in [4.69, 9.17) is 4.52 Å². The van der Waals surface area contributed by atoms with Crippen molar-refractivity contribution in [2.75, 3.05) is 23.1 Å². The van der Waals surface area contributed by atoms with Crippen molar-refractivity contribution in [3.63, 3.8) is 0 Å². The van der Waals surface area contributed by atoms with Gasteiger partial charge in [-0.1, -0.05) is 44.1 Å². The Kier molecular flexibility index (Phi) is 6.26. The number of nitrogens with zero attached hydrogens (tertiary/aromatic N) is 3. The fraction of sp³-hybridized carbons (Fsp3) is 0.550. The highest BCUT2D eigenvalue weighted by molar-refractivity contribution is 7.92. The number of carbonyl (C=O) groups is 1. The number of anilines is 1. The first-order valence-corrected chi connectivity index (χ1v) is 11.5. The third-order valence-electron chi connectivity index (χ3n) is 4.80. The van der Waals surface area contributed by atoms with Crippen molar-refractivity contribution >= 4 is 21.6 Å². The van der Waals surface area contributed by atoms with E-state index in [0.717, 1.165) is 11.3 Å². The highest BCUT2D eigenvalue weighted by Crippen LogP contribution is 2.29. The summed E-state index contributed by atoms with van der Waals surface area (Å²) in [6.45, 7) is 6.56. The predicted octanol–water partition coefficient (Wildman–Crippen LogP) is 2.20. The molecular weight excluding hydrogens is 392 g/mol. The second-order valence-corrected chi connectivity index (χ2v) is 10.2. The molecule has 2 aromatic rings. The molecule has 1 aliphatic heterocycles. The van der Waals surface area contributed by atoms with Crippen molar-refractivity contribution in [3.05, 3.63) is 41.5 Å². The molecule has 8 nitrogen and oxygen atoms in total. The Balaban J connectivity index is 1.40. The molecule has 0 spiro atoms. The second-order valence-electron chi connectivity index (χ2n) is 8.23. The second kappa shape index (κ2) is 8.52. The minimum absolute atomic E-state index is 0.0918. The molecule has 1 N–H and O–H groups in total. The predicted molar refractivity (Wildman–Crippen MR) is 110 cm³/mol. The van der Waals surface area contributed by atoms with E-state index in [0.29, 0.717) is 37.5 Å². The molecule has 3 rings (SSSR count). The minimum Gasteiger partial charge on any atom is -0.355 e. The van der Waals surface area contributed by atoms with Crippen LogP contribution in [-0.2, 0) is 33.1 Å². The molecule has 0 radical (unpaired) electrons. The molecule has 0 aliphatic carbocycles. The number of carbonyl (C=O) groups excluding carboxylic acids is 1. The van der Waals surface area contributed by atoms with E-state index in [9.17, 15) is 13.2 Å². The number of hydrogen-bond donors (Lipinski definition) is 1. The number of para-hydroxylation sites is 1. The quantitative estimate of drug-likeness (QED) is 0.702. The Hall–Kier alpha value is -2.42. The molecule has 1 aromatic carbocycles. The van der Waals surface area contributed by atoms with Gasteiger partial charge < -0.3 is 9.84 Å². The zero-order valence-corrected chi connectivity index (χ0v) is 18.0. The van der Waals surface area contributed by atoms with Crippen LogP contribution in [0.4, 0.5) is 5.69 Å². The zero-order chi connectivity index (χ0) is 21.1. The molecule has 0 saturated heterocycles. The Morgan fingerprint density at radius 2 is 2.03 bits per heavy atom. The van der Waals surface area contributed by atoms with E-state index >= 15 is 0 Å². The minimum atomic E-state index is -3.46. The molecule has 2 heterocycles. The van der Waals surface area contributed by atoms with Crippen LogP contribution in [-0.4, -0.2) is 43.3 Å². The summed E-state index contributed by atoms with van der Waals surface area (Å²) in [6, 6.07) is 7.51. The van der Waals surface area contributed by atoms with Gasteiger partial charge in [-0.3, -0.25) is 9.10 Å². The lowest BCUT2D eigenvalue weighted by molar-refractivity contribution is -0.121. The van der Waals surface area contributed by atoms with Crippen molar-refractivity contribution in [1.29, 1.82) is 0 Å². The standard InChI is InChI=1S/C20H28N4O4S/c1-20(2,3)19-22-18(28-23-19)10-6-9-17(25)21-12-14-29(26,27)24-13-11-15-7-4-5-8-16(15)24/h4-5,7-8H,6,9-14H2,1-3H3,(H,21,25). The van der Waals surface area contributed by atoms with Crippen LogP contribution in [0.15, 0.2) is 28.8 Å². The number of fused-ring (bicyclic) bond motifs is 1. The largest absolute Gasteiger partial charge is 0.355 e. The van der Waals surface area contributed by atoms with Crippen LogP contribution < -0.4 is 9.62 Å². The van der Waals surface area contributed by atoms with E-state index < -0.39 is 10.0 Å². The number of amides is 1. The zero-order valence-electron chi connectivity index (χ0n) is 17.1. The van der Waals surface area contributed by atoms with Gasteiger partial charge in [0.15, 0.2) is 5.82 Å². The Morgan fingerprint density at radius 1 is 1.28 bits per heavy atom. The molecule has 1 aliphatic rings. The molecule has 1 amide bonds. The summed E-state index contributed by atoms with van der Waals surface area (Å²) in [5, 5.41) is 6.65. The molecule has 1 aromatic heterocycles. The summed E-state index contributed by atoms with van der Waals surface area (Å²) in [5.74, 6) is 0.854. The number of aryl methyl sites for hydroxylation is 1. The molecule has 0 bridgehead atoms. The first-order chi connectivity index (χ1) is 13.7. The third-order valence-corrected chi connectivity index (χ3v) is 6.57. The van der Waals surface area contributed by atoms with Gasteiger partial charge in [0, 0.05) is 31.3 Å². The first kappa shape index (κ1) is 21.3. The maximum absolute atomic E-state index is 12.6. The first-order valence-electron chi connectivity index (χ1n) is 9.85. The van der Waals surface area contributed by atoms with Crippen LogP contribution in [0.1, 0.15) is 50.9 Å². The Morgan fingerprint density at radius 3 is 2.76 bits per heavy atom. The Labute approximate surface area is 171 Å². The lowest BCUT2D eigenvalue weighted by atomic mass is 9.96. The van der Waals surface area contributed by atoms with Gasteiger partial charge in [0.2, 0.25) is 21.8 Å². The summed E-state index contributed by atoms with van der Waals surface area (Å²) in [5.41, 5.74) is 1.60. The van der Waals surface area contributed by atoms with Crippen LogP contribution in [0, 0.1) is 0 Å². The number of aromatic nitrogens is 2. The summed E-state index contributed by atoms with van der Waals surface area (Å²) in [4.78, 5) is 16.4. The molecule has 0 fully saturated rings. The third kappa shape index (κ3) is 5.35. The summed E-state index contributed by atoms with van der Waals surface area (Å²) >= 11 is 0. The van der Waals surface area contributed by atoms with Crippen LogP contribution in [0.3, 0.4) is 0 Å². The average molecular weight is 421 g/mol. The highest BCUT2D eigenvalue weighted by atomic mass is 32.2. The molecule has 158 valence electrons. The number of benzene rings is 1. The van der Waals surface area contributed by atoms with Crippen molar-refractivity contribution in [1.82, 2.24) is 15.5 Å². The molecule has 0 atom stereocenters. The van der Waals surface area contributed by atoms with Crippen LogP contribution in [0.2, 0.25) is 0 Å². The Bertz CT molecular complexity index is 963. The molecule has 29 heavy (non-hydrogen) atoms. The van der Waals surface area contributed by atoms with Crippen molar-refractivity contribution in [2.24, 2.45) is 0 Å². The van der Waals surface area contributed by atoms with E-state index in [2.05, 4.69) is 15.5 Å².